The summed E-state index contributed by atoms with van der Waals surface area (Å²) in [6.07, 6.45) is -11.2. The molecular formula is C24H42N4O12. The molecule has 14 N–H and O–H groups in total. The Morgan fingerprint density at radius 3 is 2.00 bits per heavy atom. The van der Waals surface area contributed by atoms with E-state index in [-0.39, 0.29) is 25.3 Å². The molecular weight excluding hydrogens is 536 g/mol. The van der Waals surface area contributed by atoms with Gasteiger partial charge in [-0.05, 0) is 12.8 Å². The Morgan fingerprint density at radius 1 is 0.850 bits per heavy atom. The van der Waals surface area contributed by atoms with Gasteiger partial charge in [-0.25, -0.2) is 0 Å². The van der Waals surface area contributed by atoms with Gasteiger partial charge in [-0.3, -0.25) is 4.79 Å². The summed E-state index contributed by atoms with van der Waals surface area (Å²) < 4.78 is 22.6. The van der Waals surface area contributed by atoms with Crippen LogP contribution in [0.25, 0.3) is 0 Å². The van der Waals surface area contributed by atoms with E-state index in [1.807, 2.05) is 0 Å². The summed E-state index contributed by atoms with van der Waals surface area (Å²) in [5.41, 5.74) is 18.1. The zero-order chi connectivity index (χ0) is 29.7. The van der Waals surface area contributed by atoms with Crippen molar-refractivity contribution in [2.75, 3.05) is 13.2 Å². The minimum atomic E-state index is -1.75. The first-order chi connectivity index (χ1) is 18.9. The second-order valence-corrected chi connectivity index (χ2v) is 10.4. The summed E-state index contributed by atoms with van der Waals surface area (Å²) in [6.45, 7) is -0.834. The number of hydrogen-bond acceptors (Lipinski definition) is 15. The third kappa shape index (κ3) is 7.45. The van der Waals surface area contributed by atoms with E-state index in [1.165, 1.54) is 0 Å². The molecule has 230 valence electrons. The molecule has 0 aromatic rings. The zero-order valence-electron chi connectivity index (χ0n) is 21.9. The van der Waals surface area contributed by atoms with E-state index in [2.05, 4.69) is 11.2 Å². The van der Waals surface area contributed by atoms with Gasteiger partial charge in [-0.1, -0.05) is 0 Å². The topological polar surface area (TPSA) is 286 Å². The van der Waals surface area contributed by atoms with Crippen LogP contribution in [0.3, 0.4) is 0 Å². The predicted molar refractivity (Wildman–Crippen MR) is 134 cm³/mol. The van der Waals surface area contributed by atoms with Crippen molar-refractivity contribution in [1.29, 1.82) is 0 Å². The van der Waals surface area contributed by atoms with Crippen molar-refractivity contribution >= 4 is 5.91 Å². The maximum absolute atomic E-state index is 12.0. The Balaban J connectivity index is 1.67. The van der Waals surface area contributed by atoms with Crippen molar-refractivity contribution in [2.24, 2.45) is 17.2 Å². The number of rotatable bonds is 10. The second-order valence-electron chi connectivity index (χ2n) is 10.4. The fourth-order valence-electron chi connectivity index (χ4n) is 5.03. The summed E-state index contributed by atoms with van der Waals surface area (Å²) in [5.74, 6) is 2.07. The van der Waals surface area contributed by atoms with E-state index in [0.29, 0.717) is 12.8 Å². The van der Waals surface area contributed by atoms with E-state index in [4.69, 9.17) is 42.6 Å². The molecule has 2 heterocycles. The van der Waals surface area contributed by atoms with Gasteiger partial charge in [0.2, 0.25) is 5.91 Å². The van der Waals surface area contributed by atoms with E-state index >= 15 is 0 Å². The van der Waals surface area contributed by atoms with Crippen LogP contribution in [0.15, 0.2) is 0 Å². The molecule has 0 bridgehead atoms. The van der Waals surface area contributed by atoms with E-state index in [9.17, 15) is 40.5 Å². The van der Waals surface area contributed by atoms with Gasteiger partial charge in [0.1, 0.15) is 61.0 Å². The van der Waals surface area contributed by atoms with E-state index in [1.54, 1.807) is 0 Å². The Kier molecular flexibility index (Phi) is 12.0. The minimum Gasteiger partial charge on any atom is -0.394 e. The number of hydrogen-bond donors (Lipinski definition) is 11. The first-order valence-electron chi connectivity index (χ1n) is 13.2. The lowest BCUT2D eigenvalue weighted by atomic mass is 9.84. The number of carbonyl (C=O) groups excluding carboxylic acids is 1. The van der Waals surface area contributed by atoms with Crippen LogP contribution in [0, 0.1) is 12.3 Å². The van der Waals surface area contributed by atoms with Crippen molar-refractivity contribution in [3.8, 4) is 12.3 Å². The second kappa shape index (κ2) is 14.6. The maximum atomic E-state index is 12.0. The van der Waals surface area contributed by atoms with Gasteiger partial charge >= 0.3 is 0 Å². The third-order valence-electron chi connectivity index (χ3n) is 7.48. The molecule has 2 saturated heterocycles. The molecule has 16 nitrogen and oxygen atoms in total. The van der Waals surface area contributed by atoms with Crippen LogP contribution in [0.4, 0.5) is 0 Å². The van der Waals surface area contributed by atoms with Gasteiger partial charge in [0.05, 0.1) is 12.6 Å². The number of carbonyl (C=O) groups is 1. The smallest absolute Gasteiger partial charge is 0.220 e. The SMILES string of the molecule is C#CCCCC(=O)NC[C@H]1O[C@H](O[C@H]2[C@H](O)[C@@H](O[C@H]3O[C@H](CO)[C@@H](O)[C@H](N)[C@H]3O)[C@H](N)C[C@@H]2N)[C@H](O)[C@@H](O)[C@@H]1O. The molecule has 16 heteroatoms. The van der Waals surface area contributed by atoms with Crippen molar-refractivity contribution in [3.05, 3.63) is 0 Å². The van der Waals surface area contributed by atoms with Gasteiger partial charge in [-0.2, -0.15) is 0 Å². The summed E-state index contributed by atoms with van der Waals surface area (Å²) in [5, 5.41) is 74.9. The number of unbranched alkanes of at least 4 members (excludes halogenated alkanes) is 1. The number of nitrogens with two attached hydrogens (primary N) is 3. The van der Waals surface area contributed by atoms with Crippen molar-refractivity contribution in [3.63, 3.8) is 0 Å². The average Bonchev–Trinajstić information content (AvgIpc) is 2.92. The van der Waals surface area contributed by atoms with E-state index < -0.39 is 98.4 Å². The highest BCUT2D eigenvalue weighted by atomic mass is 16.7. The van der Waals surface area contributed by atoms with Crippen LogP contribution in [-0.2, 0) is 23.7 Å². The van der Waals surface area contributed by atoms with Crippen molar-refractivity contribution in [2.45, 2.75) is 117 Å². The number of aliphatic hydroxyl groups is 7. The maximum Gasteiger partial charge on any atom is 0.220 e. The molecule has 0 aromatic carbocycles. The lowest BCUT2D eigenvalue weighted by Gasteiger charge is -2.48. The Hall–Kier alpha value is -1.53. The molecule has 3 aliphatic rings. The van der Waals surface area contributed by atoms with Gasteiger partial charge in [0.15, 0.2) is 12.6 Å². The predicted octanol–water partition coefficient (Wildman–Crippen LogP) is -6.33. The number of aliphatic hydroxyl groups excluding tert-OH is 7. The normalized spacial score (nSPS) is 46.0. The highest BCUT2D eigenvalue weighted by Gasteiger charge is 2.51. The zero-order valence-corrected chi connectivity index (χ0v) is 21.9. The lowest BCUT2D eigenvalue weighted by Crippen LogP contribution is -2.68. The summed E-state index contributed by atoms with van der Waals surface area (Å²) in [7, 11) is 0. The van der Waals surface area contributed by atoms with Gasteiger partial charge in [-0.15, -0.1) is 12.3 Å². The Morgan fingerprint density at radius 2 is 1.43 bits per heavy atom. The molecule has 0 spiro atoms. The van der Waals surface area contributed by atoms with Crippen LogP contribution < -0.4 is 22.5 Å². The fraction of sp³-hybridized carbons (Fsp3) is 0.875. The molecule has 3 fully saturated rings. The molecule has 2 aliphatic heterocycles. The average molecular weight is 579 g/mol. The Bertz CT molecular complexity index is 864. The van der Waals surface area contributed by atoms with E-state index in [0.717, 1.165) is 0 Å². The van der Waals surface area contributed by atoms with Crippen LogP contribution in [0.1, 0.15) is 25.7 Å². The fourth-order valence-corrected chi connectivity index (χ4v) is 5.03. The summed E-state index contributed by atoms with van der Waals surface area (Å²) in [4.78, 5) is 12.0. The molecule has 0 unspecified atom stereocenters. The summed E-state index contributed by atoms with van der Waals surface area (Å²) >= 11 is 0. The number of terminal acetylenes is 1. The molecule has 3 rings (SSSR count). The Labute approximate surface area is 231 Å². The minimum absolute atomic E-state index is 0.0401. The third-order valence-corrected chi connectivity index (χ3v) is 7.48. The molecule has 0 aromatic heterocycles. The highest BCUT2D eigenvalue weighted by molar-refractivity contribution is 5.75. The van der Waals surface area contributed by atoms with Gasteiger partial charge in [0, 0.05) is 31.5 Å². The van der Waals surface area contributed by atoms with Gasteiger partial charge < -0.3 is 77.2 Å². The quantitative estimate of drug-likeness (QED) is 0.0849. The van der Waals surface area contributed by atoms with Crippen LogP contribution >= 0.6 is 0 Å². The monoisotopic (exact) mass is 578 g/mol. The van der Waals surface area contributed by atoms with Crippen LogP contribution in [-0.4, -0.2) is 147 Å². The van der Waals surface area contributed by atoms with Gasteiger partial charge in [0.25, 0.3) is 0 Å². The van der Waals surface area contributed by atoms with Crippen LogP contribution in [0.5, 0.6) is 0 Å². The molecule has 40 heavy (non-hydrogen) atoms. The standard InChI is InChI=1S/C24H42N4O12/c1-2-3-4-5-13(30)28-7-11-16(32)18(34)19(35)24(37-11)40-22-10(26)6-9(25)21(20(22)36)39-23-17(33)14(27)15(31)12(8-29)38-23/h1,9-12,14-24,29,31-36H,3-8,25-27H2,(H,28,30)/t9-,10+,11-,12-,14+,15-,16-,17-,18+,19-,20-,21+,22-,23-,24-/m1/s1. The number of ether oxygens (including phenoxy) is 4. The first kappa shape index (κ1) is 33.0. The van der Waals surface area contributed by atoms with Crippen LogP contribution in [0.2, 0.25) is 0 Å². The largest absolute Gasteiger partial charge is 0.394 e. The molecule has 0 radical (unpaired) electrons. The number of amides is 1. The lowest BCUT2D eigenvalue weighted by molar-refractivity contribution is -0.332. The molecule has 1 saturated carbocycles. The molecule has 1 aliphatic carbocycles. The first-order valence-corrected chi connectivity index (χ1v) is 13.2. The highest BCUT2D eigenvalue weighted by Crippen LogP contribution is 2.31. The number of nitrogens with one attached hydrogen (secondary N) is 1. The molecule has 15 atom stereocenters. The van der Waals surface area contributed by atoms with Crippen molar-refractivity contribution < 1.29 is 59.5 Å². The van der Waals surface area contributed by atoms with Crippen molar-refractivity contribution in [1.82, 2.24) is 5.32 Å². The summed E-state index contributed by atoms with van der Waals surface area (Å²) in [6, 6.07) is -3.00. The molecule has 1 amide bonds.